The maximum Gasteiger partial charge on any atom is 0.271 e. The molecule has 1 aromatic heterocycles. The highest BCUT2D eigenvalue weighted by molar-refractivity contribution is 5.94. The lowest BCUT2D eigenvalue weighted by Crippen LogP contribution is -2.57. The van der Waals surface area contributed by atoms with Gasteiger partial charge in [0.2, 0.25) is 5.89 Å². The number of hydrogen-bond acceptors (Lipinski definition) is 6. The van der Waals surface area contributed by atoms with Crippen molar-refractivity contribution in [1.29, 1.82) is 0 Å². The fraction of sp³-hybridized carbons (Fsp3) is 0.176. The van der Waals surface area contributed by atoms with E-state index in [-0.39, 0.29) is 28.2 Å². The van der Waals surface area contributed by atoms with Crippen molar-refractivity contribution in [1.82, 2.24) is 4.98 Å². The van der Waals surface area contributed by atoms with E-state index in [0.29, 0.717) is 11.6 Å². The van der Waals surface area contributed by atoms with Crippen molar-refractivity contribution >= 4 is 22.8 Å². The van der Waals surface area contributed by atoms with E-state index in [1.165, 1.54) is 30.3 Å². The normalized spacial score (nSPS) is 10.4. The molecule has 0 unspecified atom stereocenters. The Morgan fingerprint density at radius 3 is 2.48 bits per heavy atom. The topological polar surface area (TPSA) is 137 Å². The molecule has 0 fully saturated rings. The summed E-state index contributed by atoms with van der Waals surface area (Å²) in [6.07, 6.45) is 0. The Balaban J connectivity index is 0.000000511. The number of hydrogen-bond donors (Lipinski definition) is 1. The molecular formula is C17H17N3O5. The monoisotopic (exact) mass is 343 g/mol. The zero-order valence-corrected chi connectivity index (χ0v) is 13.8. The molecule has 1 heterocycles. The summed E-state index contributed by atoms with van der Waals surface area (Å²) in [5.74, 6) is -1.27. The zero-order chi connectivity index (χ0) is 18.6. The first kappa shape index (κ1) is 18.1. The van der Waals surface area contributed by atoms with E-state index >= 15 is 0 Å². The molecule has 3 rings (SSSR count). The molecule has 8 heteroatoms. The smallest absolute Gasteiger partial charge is 0.271 e. The highest BCUT2D eigenvalue weighted by Crippen LogP contribution is 2.28. The summed E-state index contributed by atoms with van der Waals surface area (Å²) in [6.45, 7) is 4.11. The van der Waals surface area contributed by atoms with E-state index in [0.717, 1.165) is 0 Å². The molecule has 0 aliphatic carbocycles. The number of non-ortho nitro benzene ring substituents is 1. The summed E-state index contributed by atoms with van der Waals surface area (Å²) in [4.78, 5) is 25.4. The molecule has 130 valence electrons. The standard InChI is InChI=1S/C14H8N2O5.C3H9N/c17-14(18)10-4-2-1-3-9(10)13-15-11-7-8(16(19)20)5-6-12(11)21-13;1-3(2)4/h1-7H,(H,17,18);3H,4H2,1-2H3. The van der Waals surface area contributed by atoms with Crippen molar-refractivity contribution < 1.29 is 25.0 Å². The van der Waals surface area contributed by atoms with Crippen LogP contribution in [-0.4, -0.2) is 21.9 Å². The van der Waals surface area contributed by atoms with Gasteiger partial charge in [0.25, 0.3) is 5.69 Å². The van der Waals surface area contributed by atoms with Gasteiger partial charge in [-0.15, -0.1) is 0 Å². The van der Waals surface area contributed by atoms with Gasteiger partial charge in [0, 0.05) is 23.3 Å². The quantitative estimate of drug-likeness (QED) is 0.563. The number of aromatic nitrogens is 1. The van der Waals surface area contributed by atoms with Crippen LogP contribution in [0.15, 0.2) is 46.9 Å². The number of carboxylic acids is 1. The van der Waals surface area contributed by atoms with Gasteiger partial charge in [-0.2, -0.15) is 0 Å². The van der Waals surface area contributed by atoms with Gasteiger partial charge in [0.05, 0.1) is 16.9 Å². The van der Waals surface area contributed by atoms with Crippen LogP contribution in [0.3, 0.4) is 0 Å². The van der Waals surface area contributed by atoms with E-state index in [9.17, 15) is 20.0 Å². The van der Waals surface area contributed by atoms with Crippen LogP contribution in [0.4, 0.5) is 5.69 Å². The Hall–Kier alpha value is -3.26. The number of carbonyl (C=O) groups excluding carboxylic acids is 1. The van der Waals surface area contributed by atoms with Crippen LogP contribution >= 0.6 is 0 Å². The molecule has 0 atom stereocenters. The van der Waals surface area contributed by atoms with Crippen LogP contribution in [0, 0.1) is 10.1 Å². The Morgan fingerprint density at radius 2 is 1.88 bits per heavy atom. The number of nitro groups is 1. The largest absolute Gasteiger partial charge is 0.545 e. The molecule has 0 saturated carbocycles. The summed E-state index contributed by atoms with van der Waals surface area (Å²) >= 11 is 0. The van der Waals surface area contributed by atoms with E-state index in [1.54, 1.807) is 12.1 Å². The van der Waals surface area contributed by atoms with Gasteiger partial charge in [-0.05, 0) is 26.0 Å². The SMILES string of the molecule is CC(C)[NH3+].O=C([O-])c1ccccc1-c1nc2cc([N+](=O)[O-])ccc2o1. The minimum atomic E-state index is -1.35. The fourth-order valence-corrected chi connectivity index (χ4v) is 1.99. The molecule has 0 aliphatic heterocycles. The van der Waals surface area contributed by atoms with Crippen molar-refractivity contribution in [2.45, 2.75) is 19.9 Å². The van der Waals surface area contributed by atoms with Gasteiger partial charge in [0.15, 0.2) is 5.58 Å². The third-order valence-corrected chi connectivity index (χ3v) is 2.96. The van der Waals surface area contributed by atoms with E-state index in [2.05, 4.69) is 24.6 Å². The third-order valence-electron chi connectivity index (χ3n) is 2.96. The Bertz CT molecular complexity index is 915. The second kappa shape index (κ2) is 7.54. The maximum absolute atomic E-state index is 11.1. The van der Waals surface area contributed by atoms with Gasteiger partial charge in [-0.25, -0.2) is 4.98 Å². The average molecular weight is 343 g/mol. The van der Waals surface area contributed by atoms with Crippen molar-refractivity contribution in [2.75, 3.05) is 0 Å². The van der Waals surface area contributed by atoms with Crippen molar-refractivity contribution in [3.8, 4) is 11.5 Å². The van der Waals surface area contributed by atoms with E-state index in [4.69, 9.17) is 4.42 Å². The number of nitrogens with zero attached hydrogens (tertiary/aromatic N) is 2. The molecule has 0 aliphatic rings. The summed E-state index contributed by atoms with van der Waals surface area (Å²) in [6, 6.07) is 10.7. The molecule has 3 N–H and O–H groups in total. The second-order valence-corrected chi connectivity index (χ2v) is 5.66. The molecular weight excluding hydrogens is 326 g/mol. The Kier molecular flexibility index (Phi) is 5.45. The van der Waals surface area contributed by atoms with Gasteiger partial charge in [0.1, 0.15) is 5.52 Å². The molecule has 0 saturated heterocycles. The lowest BCUT2D eigenvalue weighted by Gasteiger charge is -2.06. The number of carboxylic acid groups (broad SMARTS) is 1. The van der Waals surface area contributed by atoms with Gasteiger partial charge < -0.3 is 20.1 Å². The number of aromatic carboxylic acids is 1. The number of fused-ring (bicyclic) bond motifs is 1. The molecule has 0 bridgehead atoms. The summed E-state index contributed by atoms with van der Waals surface area (Å²) in [7, 11) is 0. The first-order chi connectivity index (χ1) is 11.8. The van der Waals surface area contributed by atoms with Crippen molar-refractivity contribution in [2.24, 2.45) is 0 Å². The Morgan fingerprint density at radius 1 is 1.24 bits per heavy atom. The van der Waals surface area contributed by atoms with Crippen molar-refractivity contribution in [3.63, 3.8) is 0 Å². The molecule has 2 aromatic carbocycles. The molecule has 3 aromatic rings. The molecule has 0 spiro atoms. The third kappa shape index (κ3) is 4.39. The summed E-state index contributed by atoms with van der Waals surface area (Å²) < 4.78 is 5.45. The van der Waals surface area contributed by atoms with Crippen LogP contribution < -0.4 is 10.8 Å². The number of benzene rings is 2. The Labute approximate surface area is 143 Å². The lowest BCUT2D eigenvalue weighted by molar-refractivity contribution is -0.407. The molecule has 0 radical (unpaired) electrons. The first-order valence-corrected chi connectivity index (χ1v) is 7.48. The summed E-state index contributed by atoms with van der Waals surface area (Å²) in [5, 5.41) is 21.8. The first-order valence-electron chi connectivity index (χ1n) is 7.48. The molecule has 8 nitrogen and oxygen atoms in total. The highest BCUT2D eigenvalue weighted by atomic mass is 16.6. The molecule has 0 amide bonds. The van der Waals surface area contributed by atoms with Crippen LogP contribution in [0.5, 0.6) is 0 Å². The number of oxazole rings is 1. The average Bonchev–Trinajstić information content (AvgIpc) is 2.97. The zero-order valence-electron chi connectivity index (χ0n) is 13.8. The van der Waals surface area contributed by atoms with E-state index < -0.39 is 10.9 Å². The maximum atomic E-state index is 11.1. The minimum Gasteiger partial charge on any atom is -0.545 e. The molecule has 25 heavy (non-hydrogen) atoms. The summed E-state index contributed by atoms with van der Waals surface area (Å²) in [5.41, 5.74) is 4.35. The van der Waals surface area contributed by atoms with Crippen LogP contribution in [0.2, 0.25) is 0 Å². The second-order valence-electron chi connectivity index (χ2n) is 5.66. The highest BCUT2D eigenvalue weighted by Gasteiger charge is 2.15. The predicted molar refractivity (Wildman–Crippen MR) is 88.5 cm³/mol. The van der Waals surface area contributed by atoms with E-state index in [1.807, 2.05) is 0 Å². The van der Waals surface area contributed by atoms with Gasteiger partial charge in [-0.1, -0.05) is 18.2 Å². The number of quaternary nitrogens is 1. The van der Waals surface area contributed by atoms with Crippen LogP contribution in [0.25, 0.3) is 22.6 Å². The number of carbonyl (C=O) groups is 1. The number of nitro benzene ring substituents is 1. The number of rotatable bonds is 3. The minimum absolute atomic E-state index is 0.0569. The van der Waals surface area contributed by atoms with Gasteiger partial charge >= 0.3 is 0 Å². The van der Waals surface area contributed by atoms with Crippen LogP contribution in [0.1, 0.15) is 24.2 Å². The lowest BCUT2D eigenvalue weighted by atomic mass is 10.1. The van der Waals surface area contributed by atoms with Crippen molar-refractivity contribution in [3.05, 3.63) is 58.1 Å². The predicted octanol–water partition coefficient (Wildman–Crippen LogP) is 1.40. The van der Waals surface area contributed by atoms with Gasteiger partial charge in [-0.3, -0.25) is 10.1 Å². The van der Waals surface area contributed by atoms with Crippen LogP contribution in [-0.2, 0) is 0 Å². The fourth-order valence-electron chi connectivity index (χ4n) is 1.99.